The van der Waals surface area contributed by atoms with E-state index in [0.29, 0.717) is 29.5 Å². The number of nitrogens with zero attached hydrogens (tertiary/aromatic N) is 5. The van der Waals surface area contributed by atoms with Crippen LogP contribution in [0.25, 0.3) is 0 Å². The molecule has 132 valence electrons. The molecule has 0 bridgehead atoms. The van der Waals surface area contributed by atoms with E-state index in [-0.39, 0.29) is 31.2 Å². The molecule has 0 N–H and O–H groups in total. The maximum absolute atomic E-state index is 13.1. The van der Waals surface area contributed by atoms with Gasteiger partial charge in [-0.25, -0.2) is 18.9 Å². The number of halogens is 2. The molecule has 0 spiro atoms. The van der Waals surface area contributed by atoms with Crippen LogP contribution in [0.4, 0.5) is 4.39 Å². The van der Waals surface area contributed by atoms with Crippen LogP contribution in [-0.2, 0) is 17.8 Å². The van der Waals surface area contributed by atoms with E-state index < -0.39 is 12.2 Å². The van der Waals surface area contributed by atoms with E-state index in [1.807, 2.05) is 0 Å². The van der Waals surface area contributed by atoms with Gasteiger partial charge in [-0.15, -0.1) is 0 Å². The minimum atomic E-state index is -0.958. The third-order valence-corrected chi connectivity index (χ3v) is 4.86. The van der Waals surface area contributed by atoms with Gasteiger partial charge in [0.2, 0.25) is 5.91 Å². The van der Waals surface area contributed by atoms with Crippen molar-refractivity contribution in [2.24, 2.45) is 0 Å². The number of aryl methyl sites for hydroxylation is 1. The molecule has 1 fully saturated rings. The summed E-state index contributed by atoms with van der Waals surface area (Å²) in [5, 5.41) is 4.71. The third kappa shape index (κ3) is 2.95. The van der Waals surface area contributed by atoms with Crippen molar-refractivity contribution in [3.63, 3.8) is 0 Å². The van der Waals surface area contributed by atoms with Gasteiger partial charge in [0.15, 0.2) is 0 Å². The highest BCUT2D eigenvalue weighted by Gasteiger charge is 2.38. The molecule has 2 aliphatic heterocycles. The zero-order chi connectivity index (χ0) is 17.6. The molecule has 2 aromatic rings. The third-order valence-electron chi connectivity index (χ3n) is 4.65. The Balaban J connectivity index is 1.63. The van der Waals surface area contributed by atoms with Gasteiger partial charge in [0.25, 0.3) is 0 Å². The fourth-order valence-electron chi connectivity index (χ4n) is 3.38. The van der Waals surface area contributed by atoms with Crippen LogP contribution in [0.3, 0.4) is 0 Å². The van der Waals surface area contributed by atoms with Crippen molar-refractivity contribution < 1.29 is 9.18 Å². The van der Waals surface area contributed by atoms with E-state index >= 15 is 0 Å². The van der Waals surface area contributed by atoms with Gasteiger partial charge >= 0.3 is 5.69 Å². The summed E-state index contributed by atoms with van der Waals surface area (Å²) < 4.78 is 15.8. The van der Waals surface area contributed by atoms with Crippen LogP contribution in [-0.4, -0.2) is 49.4 Å². The summed E-state index contributed by atoms with van der Waals surface area (Å²) in [5.74, 6) is 0.395. The first-order valence-electron chi connectivity index (χ1n) is 8.25. The Morgan fingerprint density at radius 1 is 1.36 bits per heavy atom. The summed E-state index contributed by atoms with van der Waals surface area (Å²) in [6, 6.07) is 4.59. The minimum Gasteiger partial charge on any atom is -0.335 e. The zero-order valence-corrected chi connectivity index (χ0v) is 14.2. The Labute approximate surface area is 148 Å². The number of hydrogen-bond acceptors (Lipinski definition) is 4. The SMILES string of the molecule is O=C([C@@H]1CCCc2nn(Cc3cccc(Cl)n3)c(=O)n21)N1CC(F)C1. The molecule has 4 heterocycles. The first-order chi connectivity index (χ1) is 12.0. The van der Waals surface area contributed by atoms with E-state index in [4.69, 9.17) is 11.6 Å². The molecule has 0 aromatic carbocycles. The molecule has 0 aliphatic carbocycles. The second-order valence-corrected chi connectivity index (χ2v) is 6.81. The van der Waals surface area contributed by atoms with Crippen molar-refractivity contribution in [1.29, 1.82) is 0 Å². The molecule has 1 saturated heterocycles. The second kappa shape index (κ2) is 6.25. The van der Waals surface area contributed by atoms with E-state index in [1.54, 1.807) is 18.2 Å². The fourth-order valence-corrected chi connectivity index (χ4v) is 3.56. The van der Waals surface area contributed by atoms with Gasteiger partial charge in [0.05, 0.1) is 25.3 Å². The normalized spacial score (nSPS) is 20.2. The molecule has 2 aliphatic rings. The summed E-state index contributed by atoms with van der Waals surface area (Å²) in [6.07, 6.45) is 1.02. The van der Waals surface area contributed by atoms with Crippen LogP contribution in [0.15, 0.2) is 23.0 Å². The van der Waals surface area contributed by atoms with Crippen LogP contribution in [0, 0.1) is 0 Å². The first kappa shape index (κ1) is 16.3. The lowest BCUT2D eigenvalue weighted by Gasteiger charge is -2.37. The Kier molecular flexibility index (Phi) is 4.07. The molecule has 0 unspecified atom stereocenters. The first-order valence-corrected chi connectivity index (χ1v) is 8.63. The number of alkyl halides is 1. The van der Waals surface area contributed by atoms with Gasteiger partial charge < -0.3 is 4.90 Å². The lowest BCUT2D eigenvalue weighted by molar-refractivity contribution is -0.142. The monoisotopic (exact) mass is 365 g/mol. The smallest absolute Gasteiger partial charge is 0.335 e. The number of amides is 1. The summed E-state index contributed by atoms with van der Waals surface area (Å²) in [4.78, 5) is 31.0. The Hall–Kier alpha value is -2.22. The fraction of sp³-hybridized carbons (Fsp3) is 0.500. The molecule has 1 atom stereocenters. The van der Waals surface area contributed by atoms with Crippen LogP contribution in [0.2, 0.25) is 5.15 Å². The Morgan fingerprint density at radius 3 is 2.88 bits per heavy atom. The largest absolute Gasteiger partial charge is 0.347 e. The average molecular weight is 366 g/mol. The standard InChI is InChI=1S/C16H17ClFN5O2/c17-13-5-1-3-11(19-13)9-22-16(25)23-12(4-2-6-14(23)20-22)15(24)21-7-10(18)8-21/h1,3,5,10,12H,2,4,6-9H2/t12-/m0/s1. The second-order valence-electron chi connectivity index (χ2n) is 6.43. The van der Waals surface area contributed by atoms with E-state index in [9.17, 15) is 14.0 Å². The number of rotatable bonds is 3. The number of pyridine rings is 1. The number of likely N-dealkylation sites (tertiary alicyclic amines) is 1. The summed E-state index contributed by atoms with van der Waals surface area (Å²) in [6.45, 7) is 0.413. The van der Waals surface area contributed by atoms with E-state index in [0.717, 1.165) is 6.42 Å². The molecule has 4 rings (SSSR count). The van der Waals surface area contributed by atoms with Crippen molar-refractivity contribution in [2.45, 2.75) is 38.0 Å². The molecular weight excluding hydrogens is 349 g/mol. The highest BCUT2D eigenvalue weighted by atomic mass is 35.5. The van der Waals surface area contributed by atoms with Crippen molar-refractivity contribution in [3.8, 4) is 0 Å². The summed E-state index contributed by atoms with van der Waals surface area (Å²) in [5.41, 5.74) is 0.281. The van der Waals surface area contributed by atoms with Crippen LogP contribution in [0.5, 0.6) is 0 Å². The predicted molar refractivity (Wildman–Crippen MR) is 88.3 cm³/mol. The van der Waals surface area contributed by atoms with E-state index in [1.165, 1.54) is 14.1 Å². The van der Waals surface area contributed by atoms with Crippen LogP contribution in [0.1, 0.15) is 30.4 Å². The van der Waals surface area contributed by atoms with Crippen molar-refractivity contribution in [2.75, 3.05) is 13.1 Å². The van der Waals surface area contributed by atoms with Crippen molar-refractivity contribution >= 4 is 17.5 Å². The zero-order valence-electron chi connectivity index (χ0n) is 13.4. The number of fused-ring (bicyclic) bond motifs is 1. The highest BCUT2D eigenvalue weighted by molar-refractivity contribution is 6.29. The van der Waals surface area contributed by atoms with Crippen LogP contribution >= 0.6 is 11.6 Å². The van der Waals surface area contributed by atoms with Gasteiger partial charge in [-0.1, -0.05) is 17.7 Å². The van der Waals surface area contributed by atoms with Crippen molar-refractivity contribution in [1.82, 2.24) is 24.2 Å². The van der Waals surface area contributed by atoms with Gasteiger partial charge in [-0.05, 0) is 25.0 Å². The van der Waals surface area contributed by atoms with Gasteiger partial charge in [-0.2, -0.15) is 5.10 Å². The van der Waals surface area contributed by atoms with E-state index in [2.05, 4.69) is 10.1 Å². The molecule has 0 radical (unpaired) electrons. The molecule has 9 heteroatoms. The highest BCUT2D eigenvalue weighted by Crippen LogP contribution is 2.26. The maximum Gasteiger partial charge on any atom is 0.347 e. The Bertz CT molecular complexity index is 874. The van der Waals surface area contributed by atoms with Gasteiger partial charge in [0, 0.05) is 6.42 Å². The lowest BCUT2D eigenvalue weighted by atomic mass is 10.0. The summed E-state index contributed by atoms with van der Waals surface area (Å²) in [7, 11) is 0. The number of aromatic nitrogens is 4. The maximum atomic E-state index is 13.1. The molecule has 1 amide bonds. The molecule has 25 heavy (non-hydrogen) atoms. The van der Waals surface area contributed by atoms with Crippen LogP contribution < -0.4 is 5.69 Å². The molecule has 0 saturated carbocycles. The molecule has 2 aromatic heterocycles. The quantitative estimate of drug-likeness (QED) is 0.766. The molecular formula is C16H17ClFN5O2. The van der Waals surface area contributed by atoms with Crippen molar-refractivity contribution in [3.05, 3.63) is 45.4 Å². The number of carbonyl (C=O) groups excluding carboxylic acids is 1. The average Bonchev–Trinajstić information content (AvgIpc) is 2.87. The summed E-state index contributed by atoms with van der Waals surface area (Å²) >= 11 is 5.88. The predicted octanol–water partition coefficient (Wildman–Crippen LogP) is 1.20. The minimum absolute atomic E-state index is 0.111. The number of hydrogen-bond donors (Lipinski definition) is 0. The van der Waals surface area contributed by atoms with Gasteiger partial charge in [0.1, 0.15) is 23.2 Å². The number of carbonyl (C=O) groups is 1. The van der Waals surface area contributed by atoms with Gasteiger partial charge in [-0.3, -0.25) is 9.36 Å². The topological polar surface area (TPSA) is 73.0 Å². The lowest BCUT2D eigenvalue weighted by Crippen LogP contribution is -2.54. The Morgan fingerprint density at radius 2 is 2.16 bits per heavy atom. The molecule has 7 nitrogen and oxygen atoms in total.